The van der Waals surface area contributed by atoms with Gasteiger partial charge in [-0.05, 0) is 43.0 Å². The summed E-state index contributed by atoms with van der Waals surface area (Å²) in [4.78, 5) is 4.26. The lowest BCUT2D eigenvalue weighted by molar-refractivity contribution is 0.462. The van der Waals surface area contributed by atoms with Gasteiger partial charge in [0.25, 0.3) is 0 Å². The van der Waals surface area contributed by atoms with Crippen molar-refractivity contribution in [2.24, 2.45) is 0 Å². The van der Waals surface area contributed by atoms with Crippen molar-refractivity contribution in [1.29, 1.82) is 0 Å². The predicted molar refractivity (Wildman–Crippen MR) is 60.7 cm³/mol. The summed E-state index contributed by atoms with van der Waals surface area (Å²) in [5, 5.41) is 1.16. The Kier molecular flexibility index (Phi) is 3.28. The average molecular weight is 203 g/mol. The Hall–Kier alpha value is -1.44. The number of halogens is 1. The molecule has 0 saturated heterocycles. The molecule has 15 heavy (non-hydrogen) atoms. The monoisotopic (exact) mass is 203 g/mol. The Bertz CT molecular complexity index is 439. The highest BCUT2D eigenvalue weighted by Crippen LogP contribution is 2.14. The minimum Gasteiger partial charge on any atom is -0.256 e. The molecule has 0 bridgehead atoms. The Morgan fingerprint density at radius 2 is 2.07 bits per heavy atom. The quantitative estimate of drug-likeness (QED) is 0.693. The van der Waals surface area contributed by atoms with Gasteiger partial charge in [0.15, 0.2) is 0 Å². The van der Waals surface area contributed by atoms with Crippen LogP contribution < -0.4 is 0 Å². The molecule has 0 saturated carbocycles. The van der Waals surface area contributed by atoms with Crippen LogP contribution in [0.15, 0.2) is 36.5 Å². The number of benzene rings is 1. The minimum absolute atomic E-state index is 0.213. The number of unbranched alkanes of at least 4 members (excludes halogenated alkanes) is 1. The molecular formula is C13H14FN. The van der Waals surface area contributed by atoms with Gasteiger partial charge in [-0.25, -0.2) is 0 Å². The van der Waals surface area contributed by atoms with E-state index in [1.165, 1.54) is 5.56 Å². The second-order valence-electron chi connectivity index (χ2n) is 3.68. The van der Waals surface area contributed by atoms with E-state index in [-0.39, 0.29) is 6.67 Å². The molecule has 1 aromatic heterocycles. The van der Waals surface area contributed by atoms with Crippen molar-refractivity contribution in [3.8, 4) is 0 Å². The van der Waals surface area contributed by atoms with Crippen molar-refractivity contribution in [1.82, 2.24) is 4.98 Å². The third kappa shape index (κ3) is 2.52. The fourth-order valence-electron chi connectivity index (χ4n) is 1.70. The number of aryl methyl sites for hydroxylation is 1. The molecule has 1 nitrogen and oxygen atoms in total. The van der Waals surface area contributed by atoms with Crippen molar-refractivity contribution in [2.75, 3.05) is 6.67 Å². The summed E-state index contributed by atoms with van der Waals surface area (Å²) in [5.74, 6) is 0. The normalized spacial score (nSPS) is 10.7. The van der Waals surface area contributed by atoms with Crippen LogP contribution in [0.5, 0.6) is 0 Å². The highest BCUT2D eigenvalue weighted by Gasteiger charge is 1.97. The Labute approximate surface area is 89.0 Å². The molecule has 0 N–H and O–H groups in total. The summed E-state index contributed by atoms with van der Waals surface area (Å²) in [5.41, 5.74) is 2.29. The number of pyridine rings is 1. The smallest absolute Gasteiger partial charge is 0.0894 e. The molecular weight excluding hydrogens is 189 g/mol. The predicted octanol–water partition coefficient (Wildman–Crippen LogP) is 3.53. The van der Waals surface area contributed by atoms with Gasteiger partial charge in [-0.1, -0.05) is 12.1 Å². The summed E-state index contributed by atoms with van der Waals surface area (Å²) >= 11 is 0. The maximum atomic E-state index is 11.9. The van der Waals surface area contributed by atoms with Gasteiger partial charge in [-0.2, -0.15) is 0 Å². The van der Waals surface area contributed by atoms with E-state index < -0.39 is 0 Å². The Balaban J connectivity index is 2.16. The van der Waals surface area contributed by atoms with Crippen molar-refractivity contribution < 1.29 is 4.39 Å². The Morgan fingerprint density at radius 1 is 1.13 bits per heavy atom. The maximum Gasteiger partial charge on any atom is 0.0894 e. The third-order valence-electron chi connectivity index (χ3n) is 2.52. The van der Waals surface area contributed by atoms with E-state index in [0.29, 0.717) is 6.42 Å². The van der Waals surface area contributed by atoms with E-state index in [9.17, 15) is 4.39 Å². The molecule has 0 radical (unpaired) electrons. The van der Waals surface area contributed by atoms with Crippen LogP contribution in [0.3, 0.4) is 0 Å². The molecule has 78 valence electrons. The van der Waals surface area contributed by atoms with Crippen molar-refractivity contribution >= 4 is 10.9 Å². The number of hydrogen-bond donors (Lipinski definition) is 0. The van der Waals surface area contributed by atoms with Crippen molar-refractivity contribution in [2.45, 2.75) is 19.3 Å². The van der Waals surface area contributed by atoms with Gasteiger partial charge in [-0.15, -0.1) is 0 Å². The first-order valence-corrected chi connectivity index (χ1v) is 5.30. The van der Waals surface area contributed by atoms with E-state index >= 15 is 0 Å². The first-order chi connectivity index (χ1) is 7.40. The lowest BCUT2D eigenvalue weighted by atomic mass is 10.1. The van der Waals surface area contributed by atoms with Crippen LogP contribution in [0.4, 0.5) is 4.39 Å². The van der Waals surface area contributed by atoms with E-state index in [2.05, 4.69) is 23.2 Å². The van der Waals surface area contributed by atoms with E-state index in [0.717, 1.165) is 23.7 Å². The summed E-state index contributed by atoms with van der Waals surface area (Å²) in [6, 6.07) is 10.2. The molecule has 1 heterocycles. The molecule has 0 fully saturated rings. The van der Waals surface area contributed by atoms with Gasteiger partial charge in [0.1, 0.15) is 0 Å². The molecule has 1 aromatic carbocycles. The SMILES string of the molecule is FCCCCc1ccc2ncccc2c1. The lowest BCUT2D eigenvalue weighted by Gasteiger charge is -2.02. The molecule has 0 amide bonds. The zero-order chi connectivity index (χ0) is 10.5. The van der Waals surface area contributed by atoms with Gasteiger partial charge < -0.3 is 0 Å². The van der Waals surface area contributed by atoms with Crippen molar-refractivity contribution in [3.05, 3.63) is 42.1 Å². The third-order valence-corrected chi connectivity index (χ3v) is 2.52. The summed E-state index contributed by atoms with van der Waals surface area (Å²) in [6.07, 6.45) is 4.33. The molecule has 0 atom stereocenters. The standard InChI is InChI=1S/C13H14FN/c14-8-2-1-4-11-6-7-13-12(10-11)5-3-9-15-13/h3,5-7,9-10H,1-2,4,8H2. The molecule has 0 aliphatic carbocycles. The first kappa shape index (κ1) is 10.1. The van der Waals surface area contributed by atoms with Gasteiger partial charge >= 0.3 is 0 Å². The van der Waals surface area contributed by atoms with Gasteiger partial charge in [0.05, 0.1) is 12.2 Å². The van der Waals surface area contributed by atoms with E-state index in [4.69, 9.17) is 0 Å². The molecule has 0 aliphatic heterocycles. The topological polar surface area (TPSA) is 12.9 Å². The second-order valence-corrected chi connectivity index (χ2v) is 3.68. The highest BCUT2D eigenvalue weighted by molar-refractivity contribution is 5.78. The molecule has 2 aromatic rings. The lowest BCUT2D eigenvalue weighted by Crippen LogP contribution is -1.87. The summed E-state index contributed by atoms with van der Waals surface area (Å²) < 4.78 is 11.9. The summed E-state index contributed by atoms with van der Waals surface area (Å²) in [7, 11) is 0. The maximum absolute atomic E-state index is 11.9. The van der Waals surface area contributed by atoms with Crippen LogP contribution in [0.25, 0.3) is 10.9 Å². The van der Waals surface area contributed by atoms with Crippen LogP contribution in [-0.4, -0.2) is 11.7 Å². The number of rotatable bonds is 4. The zero-order valence-electron chi connectivity index (χ0n) is 8.62. The first-order valence-electron chi connectivity index (χ1n) is 5.30. The van der Waals surface area contributed by atoms with Crippen LogP contribution in [0.2, 0.25) is 0 Å². The van der Waals surface area contributed by atoms with Gasteiger partial charge in [0, 0.05) is 11.6 Å². The number of alkyl halides is 1. The van der Waals surface area contributed by atoms with E-state index in [1.54, 1.807) is 6.20 Å². The fourth-order valence-corrected chi connectivity index (χ4v) is 1.70. The number of hydrogen-bond acceptors (Lipinski definition) is 1. The number of fused-ring (bicyclic) bond motifs is 1. The zero-order valence-corrected chi connectivity index (χ0v) is 8.62. The van der Waals surface area contributed by atoms with Gasteiger partial charge in [0.2, 0.25) is 0 Å². The average Bonchev–Trinajstić information content (AvgIpc) is 2.29. The molecule has 0 unspecified atom stereocenters. The number of nitrogens with zero attached hydrogens (tertiary/aromatic N) is 1. The summed E-state index contributed by atoms with van der Waals surface area (Å²) in [6.45, 7) is -0.213. The van der Waals surface area contributed by atoms with Crippen LogP contribution in [0.1, 0.15) is 18.4 Å². The number of aromatic nitrogens is 1. The minimum atomic E-state index is -0.213. The van der Waals surface area contributed by atoms with Gasteiger partial charge in [-0.3, -0.25) is 9.37 Å². The molecule has 2 rings (SSSR count). The fraction of sp³-hybridized carbons (Fsp3) is 0.308. The largest absolute Gasteiger partial charge is 0.256 e. The second kappa shape index (κ2) is 4.87. The van der Waals surface area contributed by atoms with Crippen LogP contribution >= 0.6 is 0 Å². The van der Waals surface area contributed by atoms with E-state index in [1.807, 2.05) is 12.1 Å². The van der Waals surface area contributed by atoms with Crippen LogP contribution in [-0.2, 0) is 6.42 Å². The van der Waals surface area contributed by atoms with Crippen molar-refractivity contribution in [3.63, 3.8) is 0 Å². The molecule has 0 aliphatic rings. The Morgan fingerprint density at radius 3 is 2.93 bits per heavy atom. The molecule has 0 spiro atoms. The molecule has 2 heteroatoms. The van der Waals surface area contributed by atoms with Crippen LogP contribution in [0, 0.1) is 0 Å². The highest BCUT2D eigenvalue weighted by atomic mass is 19.1.